The van der Waals surface area contributed by atoms with Crippen LogP contribution in [0, 0.1) is 6.92 Å². The van der Waals surface area contributed by atoms with Gasteiger partial charge < -0.3 is 9.84 Å². The summed E-state index contributed by atoms with van der Waals surface area (Å²) in [5.41, 5.74) is 1.43. The van der Waals surface area contributed by atoms with Crippen molar-refractivity contribution in [2.24, 2.45) is 0 Å². The minimum Gasteiger partial charge on any atom is -0.492 e. The molecule has 0 radical (unpaired) electrons. The van der Waals surface area contributed by atoms with E-state index in [9.17, 15) is 4.79 Å². The van der Waals surface area contributed by atoms with Gasteiger partial charge in [0, 0.05) is 10.6 Å². The first-order valence-electron chi connectivity index (χ1n) is 6.31. The van der Waals surface area contributed by atoms with E-state index in [0.29, 0.717) is 12.4 Å². The molecule has 0 unspecified atom stereocenters. The second-order valence-corrected chi connectivity index (χ2v) is 5.48. The number of carbonyl (C=O) groups is 1. The number of hydrogen-bond donors (Lipinski definition) is 1. The molecule has 2 aromatic carbocycles. The van der Waals surface area contributed by atoms with Crippen LogP contribution in [0.15, 0.2) is 53.4 Å². The molecule has 0 aromatic heterocycles. The van der Waals surface area contributed by atoms with E-state index >= 15 is 0 Å². The topological polar surface area (TPSA) is 46.5 Å². The van der Waals surface area contributed by atoms with Crippen molar-refractivity contribution in [1.29, 1.82) is 0 Å². The number of aryl methyl sites for hydroxylation is 1. The molecule has 1 N–H and O–H groups in total. The molecule has 0 heterocycles. The Labute approximate surface area is 122 Å². The highest BCUT2D eigenvalue weighted by atomic mass is 32.2. The maximum Gasteiger partial charge on any atom is 0.339 e. The molecule has 0 aliphatic carbocycles. The molecule has 0 bridgehead atoms. The van der Waals surface area contributed by atoms with Gasteiger partial charge in [-0.15, -0.1) is 11.8 Å². The predicted molar refractivity (Wildman–Crippen MR) is 80.8 cm³/mol. The lowest BCUT2D eigenvalue weighted by Gasteiger charge is -2.08. The fourth-order valence-electron chi connectivity index (χ4n) is 1.79. The molecule has 20 heavy (non-hydrogen) atoms. The molecule has 0 saturated heterocycles. The minimum absolute atomic E-state index is 0.202. The van der Waals surface area contributed by atoms with Gasteiger partial charge in [-0.05, 0) is 31.2 Å². The number of thioether (sulfide) groups is 1. The first kappa shape index (κ1) is 14.5. The Morgan fingerprint density at radius 1 is 1.20 bits per heavy atom. The predicted octanol–water partition coefficient (Wildman–Crippen LogP) is 3.86. The number of aromatic carboxylic acids is 1. The maximum absolute atomic E-state index is 11.0. The smallest absolute Gasteiger partial charge is 0.339 e. The monoisotopic (exact) mass is 288 g/mol. The van der Waals surface area contributed by atoms with Crippen molar-refractivity contribution in [2.75, 3.05) is 12.4 Å². The van der Waals surface area contributed by atoms with Crippen molar-refractivity contribution >= 4 is 17.7 Å². The first-order chi connectivity index (χ1) is 9.66. The van der Waals surface area contributed by atoms with Crippen molar-refractivity contribution in [3.63, 3.8) is 0 Å². The fraction of sp³-hybridized carbons (Fsp3) is 0.188. The third kappa shape index (κ3) is 4.03. The Hall–Kier alpha value is -1.94. The van der Waals surface area contributed by atoms with Crippen LogP contribution in [-0.2, 0) is 0 Å². The number of ether oxygens (including phenoxy) is 1. The molecule has 0 fully saturated rings. The van der Waals surface area contributed by atoms with Crippen LogP contribution in [0.2, 0.25) is 0 Å². The lowest BCUT2D eigenvalue weighted by atomic mass is 10.2. The summed E-state index contributed by atoms with van der Waals surface area (Å²) in [4.78, 5) is 12.2. The van der Waals surface area contributed by atoms with Gasteiger partial charge in [0.2, 0.25) is 0 Å². The average Bonchev–Trinajstić information content (AvgIpc) is 2.44. The molecule has 0 spiro atoms. The van der Waals surface area contributed by atoms with E-state index in [4.69, 9.17) is 9.84 Å². The van der Waals surface area contributed by atoms with E-state index in [1.807, 2.05) is 6.07 Å². The van der Waals surface area contributed by atoms with E-state index in [1.54, 1.807) is 36.0 Å². The largest absolute Gasteiger partial charge is 0.492 e. The zero-order chi connectivity index (χ0) is 14.4. The summed E-state index contributed by atoms with van der Waals surface area (Å²) in [6, 6.07) is 15.0. The van der Waals surface area contributed by atoms with Crippen LogP contribution in [-0.4, -0.2) is 23.4 Å². The summed E-state index contributed by atoms with van der Waals surface area (Å²) in [5.74, 6) is 0.231. The van der Waals surface area contributed by atoms with E-state index in [2.05, 4.69) is 25.1 Å². The zero-order valence-corrected chi connectivity index (χ0v) is 12.0. The highest BCUT2D eigenvalue weighted by Crippen LogP contribution is 2.21. The van der Waals surface area contributed by atoms with Crippen LogP contribution in [0.1, 0.15) is 15.9 Å². The van der Waals surface area contributed by atoms with Crippen molar-refractivity contribution in [3.8, 4) is 5.75 Å². The molecular formula is C16H16O3S. The molecule has 0 aliphatic rings. The van der Waals surface area contributed by atoms with Gasteiger partial charge in [-0.25, -0.2) is 4.79 Å². The SMILES string of the molecule is Cc1cccc(SCCOc2ccccc2C(=O)O)c1. The number of benzene rings is 2. The van der Waals surface area contributed by atoms with Gasteiger partial charge in [-0.3, -0.25) is 0 Å². The summed E-state index contributed by atoms with van der Waals surface area (Å²) in [5, 5.41) is 9.05. The average molecular weight is 288 g/mol. The Kier molecular flexibility index (Phi) is 5.07. The van der Waals surface area contributed by atoms with Crippen LogP contribution in [0.3, 0.4) is 0 Å². The standard InChI is InChI=1S/C16H16O3S/c1-12-5-4-6-13(11-12)20-10-9-19-15-8-3-2-7-14(15)16(17)18/h2-8,11H,9-10H2,1H3,(H,17,18). The zero-order valence-electron chi connectivity index (χ0n) is 11.2. The van der Waals surface area contributed by atoms with Crippen molar-refractivity contribution < 1.29 is 14.6 Å². The molecule has 2 rings (SSSR count). The van der Waals surface area contributed by atoms with Crippen LogP contribution in [0.5, 0.6) is 5.75 Å². The van der Waals surface area contributed by atoms with Gasteiger partial charge in [0.15, 0.2) is 0 Å². The van der Waals surface area contributed by atoms with Gasteiger partial charge in [-0.2, -0.15) is 0 Å². The Morgan fingerprint density at radius 3 is 2.75 bits per heavy atom. The van der Waals surface area contributed by atoms with Gasteiger partial charge >= 0.3 is 5.97 Å². The number of rotatable bonds is 6. The Morgan fingerprint density at radius 2 is 2.00 bits per heavy atom. The second-order valence-electron chi connectivity index (χ2n) is 4.31. The van der Waals surface area contributed by atoms with Crippen LogP contribution >= 0.6 is 11.8 Å². The van der Waals surface area contributed by atoms with Gasteiger partial charge in [0.1, 0.15) is 11.3 Å². The first-order valence-corrected chi connectivity index (χ1v) is 7.30. The molecule has 0 atom stereocenters. The molecular weight excluding hydrogens is 272 g/mol. The summed E-state index contributed by atoms with van der Waals surface area (Å²) in [6.45, 7) is 2.53. The third-order valence-electron chi connectivity index (χ3n) is 2.72. The highest BCUT2D eigenvalue weighted by Gasteiger charge is 2.09. The molecule has 3 nitrogen and oxygen atoms in total. The van der Waals surface area contributed by atoms with E-state index in [1.165, 1.54) is 10.5 Å². The van der Waals surface area contributed by atoms with E-state index in [0.717, 1.165) is 5.75 Å². The van der Waals surface area contributed by atoms with Crippen LogP contribution < -0.4 is 4.74 Å². The molecule has 2 aromatic rings. The Balaban J connectivity index is 1.86. The van der Waals surface area contributed by atoms with Gasteiger partial charge in [-0.1, -0.05) is 29.8 Å². The maximum atomic E-state index is 11.0. The van der Waals surface area contributed by atoms with Crippen LogP contribution in [0.25, 0.3) is 0 Å². The number of para-hydroxylation sites is 1. The van der Waals surface area contributed by atoms with E-state index < -0.39 is 5.97 Å². The lowest BCUT2D eigenvalue weighted by Crippen LogP contribution is -2.05. The Bertz CT molecular complexity index is 596. The summed E-state index contributed by atoms with van der Waals surface area (Å²) >= 11 is 1.70. The quantitative estimate of drug-likeness (QED) is 0.647. The highest BCUT2D eigenvalue weighted by molar-refractivity contribution is 7.99. The lowest BCUT2D eigenvalue weighted by molar-refractivity contribution is 0.0692. The summed E-state index contributed by atoms with van der Waals surface area (Å²) in [6.07, 6.45) is 0. The molecule has 0 saturated carbocycles. The van der Waals surface area contributed by atoms with Crippen molar-refractivity contribution in [2.45, 2.75) is 11.8 Å². The fourth-order valence-corrected chi connectivity index (χ4v) is 2.63. The molecule has 0 amide bonds. The van der Waals surface area contributed by atoms with E-state index in [-0.39, 0.29) is 5.56 Å². The molecule has 104 valence electrons. The molecule has 0 aliphatic heterocycles. The number of hydrogen-bond acceptors (Lipinski definition) is 3. The van der Waals surface area contributed by atoms with Crippen LogP contribution in [0.4, 0.5) is 0 Å². The number of carboxylic acids is 1. The van der Waals surface area contributed by atoms with Crippen molar-refractivity contribution in [3.05, 3.63) is 59.7 Å². The molecule has 4 heteroatoms. The van der Waals surface area contributed by atoms with Gasteiger partial charge in [0.05, 0.1) is 6.61 Å². The normalized spacial score (nSPS) is 10.2. The minimum atomic E-state index is -0.966. The van der Waals surface area contributed by atoms with Gasteiger partial charge in [0.25, 0.3) is 0 Å². The van der Waals surface area contributed by atoms with Crippen molar-refractivity contribution in [1.82, 2.24) is 0 Å². The summed E-state index contributed by atoms with van der Waals surface area (Å²) in [7, 11) is 0. The number of carboxylic acid groups (broad SMARTS) is 1. The summed E-state index contributed by atoms with van der Waals surface area (Å²) < 4.78 is 5.55. The second kappa shape index (κ2) is 7.01. The third-order valence-corrected chi connectivity index (χ3v) is 3.67.